The van der Waals surface area contributed by atoms with Crippen molar-refractivity contribution in [2.75, 3.05) is 39.5 Å². The fourth-order valence-electron chi connectivity index (χ4n) is 1.33. The van der Waals surface area contributed by atoms with Crippen LogP contribution in [0.3, 0.4) is 0 Å². The number of hydrogen-bond donors (Lipinski definition) is 2. The summed E-state index contributed by atoms with van der Waals surface area (Å²) in [5, 5.41) is 7.00. The fourth-order valence-corrected chi connectivity index (χ4v) is 2.16. The maximum Gasteiger partial charge on any atom is 0.219 e. The van der Waals surface area contributed by atoms with E-state index in [2.05, 4.69) is 5.73 Å². The molecule has 3 N–H and O–H groups in total. The second-order valence-corrected chi connectivity index (χ2v) is 5.76. The van der Waals surface area contributed by atoms with Gasteiger partial charge in [0.15, 0.2) is 0 Å². The number of aliphatic hydroxyl groups excluding tert-OH is 1. The van der Waals surface area contributed by atoms with Crippen molar-refractivity contribution >= 4 is 21.8 Å². The van der Waals surface area contributed by atoms with Gasteiger partial charge in [-0.2, -0.15) is 4.31 Å². The molecule has 0 aliphatic carbocycles. The molecule has 1 fully saturated rings. The molecule has 0 unspecified atom stereocenters. The van der Waals surface area contributed by atoms with Gasteiger partial charge in [0.2, 0.25) is 21.8 Å². The van der Waals surface area contributed by atoms with Crippen LogP contribution in [0.1, 0.15) is 13.8 Å². The van der Waals surface area contributed by atoms with Gasteiger partial charge in [-0.25, -0.2) is 8.42 Å². The topological polar surface area (TPSA) is 121 Å². The zero-order chi connectivity index (χ0) is 15.6. The third-order valence-electron chi connectivity index (χ3n) is 2.15. The van der Waals surface area contributed by atoms with Crippen LogP contribution in [0.15, 0.2) is 0 Å². The van der Waals surface area contributed by atoms with Gasteiger partial charge in [0, 0.05) is 79.8 Å². The normalized spacial score (nSPS) is 14.0. The van der Waals surface area contributed by atoms with Crippen molar-refractivity contribution in [2.45, 2.75) is 13.8 Å². The van der Waals surface area contributed by atoms with E-state index >= 15 is 0 Å². The average Bonchev–Trinajstić information content (AvgIpc) is 2.30. The zero-order valence-corrected chi connectivity index (χ0v) is 17.0. The molecule has 0 aromatic carbocycles. The van der Waals surface area contributed by atoms with Gasteiger partial charge in [-0.1, -0.05) is 0 Å². The first kappa shape index (κ1) is 29.0. The molecule has 1 rings (SSSR count). The molecule has 1 aliphatic rings. The third-order valence-corrected chi connectivity index (χ3v) is 3.46. The Balaban J connectivity index is -0.000000158. The molecule has 1 aliphatic heterocycles. The van der Waals surface area contributed by atoms with E-state index in [1.165, 1.54) is 24.4 Å². The van der Waals surface area contributed by atoms with Crippen molar-refractivity contribution in [1.29, 1.82) is 0 Å². The number of carbonyl (C=O) groups excluding carboxylic acids is 2. The molecule has 0 aromatic heterocycles. The number of aliphatic hydroxyl groups is 1. The smallest absolute Gasteiger partial charge is 0.219 e. The quantitative estimate of drug-likeness (QED) is 0.527. The number of nitrogens with zero attached hydrogens (tertiary/aromatic N) is 2. The van der Waals surface area contributed by atoms with Crippen LogP contribution in [0, 0.1) is 7.43 Å². The first-order chi connectivity index (χ1) is 8.64. The standard InChI is InChI=1S/C7H14N2O3S.C2H5NO.CH4O.CH3.Y/c1-7(10)8-3-5-9(6-4-8)13(2,11)12;1-2(3)4;1-2;;/h3-6H2,1-2H3;1H3,(H2,3,4);2H,1H3;1H3;/q;;;-1;. The number of hydrogen-bond acceptors (Lipinski definition) is 5. The summed E-state index contributed by atoms with van der Waals surface area (Å²) in [6.07, 6.45) is 1.19. The van der Waals surface area contributed by atoms with Crippen molar-refractivity contribution < 1.29 is 55.8 Å². The molecule has 125 valence electrons. The summed E-state index contributed by atoms with van der Waals surface area (Å²) in [6.45, 7) is 4.64. The van der Waals surface area contributed by atoms with Crippen LogP contribution in [0.25, 0.3) is 0 Å². The van der Waals surface area contributed by atoms with Gasteiger partial charge in [-0.15, -0.1) is 0 Å². The number of carbonyl (C=O) groups is 2. The van der Waals surface area contributed by atoms with Crippen molar-refractivity contribution in [3.05, 3.63) is 7.43 Å². The molecular weight excluding hydrogens is 375 g/mol. The molecule has 1 heterocycles. The van der Waals surface area contributed by atoms with Crippen molar-refractivity contribution in [2.24, 2.45) is 5.73 Å². The van der Waals surface area contributed by atoms with Gasteiger partial charge in [0.25, 0.3) is 0 Å². The number of amides is 2. The molecule has 0 bridgehead atoms. The van der Waals surface area contributed by atoms with Crippen LogP contribution >= 0.6 is 0 Å². The SMILES string of the molecule is CC(=O)N1CCN(S(C)(=O)=O)CC1.CC(N)=O.CO.[CH3-].[Y]. The molecule has 1 radical (unpaired) electrons. The summed E-state index contributed by atoms with van der Waals surface area (Å²) < 4.78 is 23.6. The van der Waals surface area contributed by atoms with Gasteiger partial charge in [-0.3, -0.25) is 9.59 Å². The minimum atomic E-state index is -3.08. The molecule has 8 nitrogen and oxygen atoms in total. The van der Waals surface area contributed by atoms with E-state index in [1.807, 2.05) is 0 Å². The minimum Gasteiger partial charge on any atom is -0.400 e. The Morgan fingerprint density at radius 1 is 1.05 bits per heavy atom. The Hall–Kier alpha value is -0.0861. The minimum absolute atomic E-state index is 0. The average molecular weight is 401 g/mol. The number of piperazine rings is 1. The molecule has 0 spiro atoms. The van der Waals surface area contributed by atoms with E-state index < -0.39 is 10.0 Å². The maximum atomic E-state index is 11.1. The van der Waals surface area contributed by atoms with Crippen LogP contribution < -0.4 is 5.73 Å². The molecule has 10 heteroatoms. The number of sulfonamides is 1. The Bertz CT molecular complexity index is 377. The van der Waals surface area contributed by atoms with E-state index in [0.717, 1.165) is 7.11 Å². The molecule has 0 atom stereocenters. The number of nitrogens with two attached hydrogens (primary N) is 1. The fraction of sp³-hybridized carbons (Fsp3) is 0.727. The Morgan fingerprint density at radius 3 is 1.52 bits per heavy atom. The predicted molar refractivity (Wildman–Crippen MR) is 78.1 cm³/mol. The van der Waals surface area contributed by atoms with Crippen molar-refractivity contribution in [3.8, 4) is 0 Å². The summed E-state index contributed by atoms with van der Waals surface area (Å²) in [4.78, 5) is 21.8. The van der Waals surface area contributed by atoms with Gasteiger partial charge in [0.05, 0.1) is 6.26 Å². The molecular formula is C11H26N3O5SY-. The van der Waals surface area contributed by atoms with E-state index in [1.54, 1.807) is 4.90 Å². The zero-order valence-electron chi connectivity index (χ0n) is 13.4. The van der Waals surface area contributed by atoms with Crippen LogP contribution in [0.2, 0.25) is 0 Å². The number of rotatable bonds is 1. The van der Waals surface area contributed by atoms with Crippen LogP contribution in [-0.2, 0) is 52.3 Å². The second-order valence-electron chi connectivity index (χ2n) is 3.78. The van der Waals surface area contributed by atoms with Gasteiger partial charge in [-0.05, 0) is 0 Å². The molecule has 2 amide bonds. The molecule has 21 heavy (non-hydrogen) atoms. The van der Waals surface area contributed by atoms with Crippen LogP contribution in [0.4, 0.5) is 0 Å². The largest absolute Gasteiger partial charge is 0.400 e. The van der Waals surface area contributed by atoms with E-state index in [9.17, 15) is 18.0 Å². The Morgan fingerprint density at radius 2 is 1.33 bits per heavy atom. The van der Waals surface area contributed by atoms with Crippen LogP contribution in [-0.4, -0.2) is 74.1 Å². The second kappa shape index (κ2) is 14.8. The summed E-state index contributed by atoms with van der Waals surface area (Å²) in [7, 11) is -2.08. The van der Waals surface area contributed by atoms with E-state index in [0.29, 0.717) is 26.2 Å². The van der Waals surface area contributed by atoms with E-state index in [4.69, 9.17) is 5.11 Å². The first-order valence-corrected chi connectivity index (χ1v) is 7.41. The summed E-state index contributed by atoms with van der Waals surface area (Å²) in [5.41, 5.74) is 4.47. The summed E-state index contributed by atoms with van der Waals surface area (Å²) in [6, 6.07) is 0. The summed E-state index contributed by atoms with van der Waals surface area (Å²) in [5.74, 6) is -0.326. The molecule has 0 aromatic rings. The maximum absolute atomic E-state index is 11.1. The summed E-state index contributed by atoms with van der Waals surface area (Å²) >= 11 is 0. The molecule has 0 saturated carbocycles. The Labute approximate surface area is 153 Å². The van der Waals surface area contributed by atoms with Gasteiger partial charge >= 0.3 is 0 Å². The van der Waals surface area contributed by atoms with Gasteiger partial charge < -0.3 is 23.2 Å². The monoisotopic (exact) mass is 401 g/mol. The van der Waals surface area contributed by atoms with Crippen molar-refractivity contribution in [1.82, 2.24) is 9.21 Å². The third kappa shape index (κ3) is 16.1. The number of primary amides is 1. The van der Waals surface area contributed by atoms with Gasteiger partial charge in [0.1, 0.15) is 0 Å². The molecule has 1 saturated heterocycles. The Kier molecular flexibility index (Phi) is 20.5. The predicted octanol–water partition coefficient (Wildman–Crippen LogP) is -1.34. The first-order valence-electron chi connectivity index (χ1n) is 5.56. The van der Waals surface area contributed by atoms with Crippen LogP contribution in [0.5, 0.6) is 0 Å². The van der Waals surface area contributed by atoms with E-state index in [-0.39, 0.29) is 52.0 Å². The van der Waals surface area contributed by atoms with Crippen molar-refractivity contribution in [3.63, 3.8) is 0 Å².